The van der Waals surface area contributed by atoms with E-state index in [2.05, 4.69) is 11.2 Å². The van der Waals surface area contributed by atoms with Crippen molar-refractivity contribution in [3.63, 3.8) is 0 Å². The second-order valence-corrected chi connectivity index (χ2v) is 2.57. The minimum Gasteiger partial charge on any atom is -0.372 e. The third-order valence-electron chi connectivity index (χ3n) is 1.33. The van der Waals surface area contributed by atoms with E-state index < -0.39 is 5.82 Å². The van der Waals surface area contributed by atoms with Crippen molar-refractivity contribution in [2.75, 3.05) is 11.9 Å². The summed E-state index contributed by atoms with van der Waals surface area (Å²) in [5.74, 6) is 1.88. The van der Waals surface area contributed by atoms with E-state index in [1.807, 2.05) is 0 Å². The van der Waals surface area contributed by atoms with Gasteiger partial charge in [-0.05, 0) is 12.1 Å². The van der Waals surface area contributed by atoms with E-state index in [0.717, 1.165) is 0 Å². The molecule has 0 radical (unpaired) electrons. The van der Waals surface area contributed by atoms with Gasteiger partial charge in [-0.3, -0.25) is 0 Å². The van der Waals surface area contributed by atoms with Crippen LogP contribution in [-0.2, 0) is 0 Å². The quantitative estimate of drug-likeness (QED) is 0.695. The van der Waals surface area contributed by atoms with Crippen LogP contribution >= 0.6 is 11.6 Å². The zero-order valence-corrected chi connectivity index (χ0v) is 7.03. The second-order valence-electron chi connectivity index (χ2n) is 2.16. The molecular weight excluding hydrogens is 177 g/mol. The van der Waals surface area contributed by atoms with Gasteiger partial charge >= 0.3 is 0 Å². The average Bonchev–Trinajstić information content (AvgIpc) is 2.08. The first-order valence-corrected chi connectivity index (χ1v) is 3.75. The lowest BCUT2D eigenvalue weighted by molar-refractivity contribution is 0.631. The van der Waals surface area contributed by atoms with Gasteiger partial charge in [0.25, 0.3) is 0 Å². The van der Waals surface area contributed by atoms with Gasteiger partial charge in [0.2, 0.25) is 0 Å². The summed E-state index contributed by atoms with van der Waals surface area (Å²) in [5, 5.41) is 2.80. The number of rotatable bonds is 2. The lowest BCUT2D eigenvalue weighted by Crippen LogP contribution is -2.00. The molecule has 3 heteroatoms. The first-order chi connectivity index (χ1) is 5.75. The van der Waals surface area contributed by atoms with Crippen LogP contribution in [0, 0.1) is 18.2 Å². The normalized spacial score (nSPS) is 9.08. The molecule has 0 aromatic heterocycles. The summed E-state index contributed by atoms with van der Waals surface area (Å²) in [4.78, 5) is 0. The fraction of sp³-hybridized carbons (Fsp3) is 0.111. The Kier molecular flexibility index (Phi) is 2.95. The van der Waals surface area contributed by atoms with Crippen molar-refractivity contribution in [2.45, 2.75) is 0 Å². The van der Waals surface area contributed by atoms with Crippen molar-refractivity contribution in [3.05, 3.63) is 29.0 Å². The highest BCUT2D eigenvalue weighted by Crippen LogP contribution is 2.21. The van der Waals surface area contributed by atoms with Gasteiger partial charge in [-0.15, -0.1) is 6.42 Å². The molecule has 0 heterocycles. The van der Waals surface area contributed by atoms with E-state index in [0.29, 0.717) is 5.69 Å². The number of nitrogens with one attached hydrogen (secondary N) is 1. The molecule has 12 heavy (non-hydrogen) atoms. The smallest absolute Gasteiger partial charge is 0.164 e. The number of hydrogen-bond acceptors (Lipinski definition) is 1. The van der Waals surface area contributed by atoms with Gasteiger partial charge in [0.15, 0.2) is 5.82 Å². The molecule has 1 N–H and O–H groups in total. The number of hydrogen-bond donors (Lipinski definition) is 1. The molecule has 0 bridgehead atoms. The van der Waals surface area contributed by atoms with Gasteiger partial charge in [-0.25, -0.2) is 4.39 Å². The first-order valence-electron chi connectivity index (χ1n) is 3.37. The summed E-state index contributed by atoms with van der Waals surface area (Å²) >= 11 is 5.53. The number of benzene rings is 1. The maximum atomic E-state index is 13.1. The van der Waals surface area contributed by atoms with Crippen LogP contribution in [0.25, 0.3) is 0 Å². The van der Waals surface area contributed by atoms with Crippen LogP contribution in [0.1, 0.15) is 0 Å². The number of terminal acetylenes is 1. The summed E-state index contributed by atoms with van der Waals surface area (Å²) in [7, 11) is 0. The fourth-order valence-electron chi connectivity index (χ4n) is 0.787. The van der Waals surface area contributed by atoms with Crippen molar-refractivity contribution in [3.8, 4) is 12.3 Å². The molecule has 0 saturated carbocycles. The second kappa shape index (κ2) is 3.99. The third kappa shape index (κ3) is 1.90. The monoisotopic (exact) mass is 183 g/mol. The molecule has 1 nitrogen and oxygen atoms in total. The fourth-order valence-corrected chi connectivity index (χ4v) is 0.961. The minimum atomic E-state index is -0.464. The Bertz CT molecular complexity index is 317. The molecule has 0 atom stereocenters. The molecular formula is C9H7ClFN. The summed E-state index contributed by atoms with van der Waals surface area (Å²) in [5.41, 5.74) is 0.334. The first kappa shape index (κ1) is 8.89. The van der Waals surface area contributed by atoms with E-state index in [9.17, 15) is 4.39 Å². The molecule has 1 aromatic carbocycles. The summed E-state index contributed by atoms with van der Waals surface area (Å²) in [6, 6.07) is 4.72. The Hall–Kier alpha value is -1.20. The Morgan fingerprint density at radius 1 is 1.58 bits per heavy atom. The zero-order valence-electron chi connectivity index (χ0n) is 6.27. The highest BCUT2D eigenvalue weighted by molar-refractivity contribution is 6.31. The van der Waals surface area contributed by atoms with Crippen molar-refractivity contribution in [1.29, 1.82) is 0 Å². The molecule has 0 amide bonds. The van der Waals surface area contributed by atoms with Crippen molar-refractivity contribution >= 4 is 17.3 Å². The van der Waals surface area contributed by atoms with Gasteiger partial charge < -0.3 is 5.32 Å². The molecule has 1 aromatic rings. The molecule has 0 fully saturated rings. The van der Waals surface area contributed by atoms with E-state index in [1.165, 1.54) is 6.07 Å². The molecule has 62 valence electrons. The Morgan fingerprint density at radius 3 is 3.00 bits per heavy atom. The van der Waals surface area contributed by atoms with Gasteiger partial charge in [-0.1, -0.05) is 23.6 Å². The molecule has 0 aliphatic carbocycles. The standard InChI is InChI=1S/C9H7ClFN/c1-2-6-12-8-5-3-4-7(10)9(8)11/h1,3-5,12H,6H2. The van der Waals surface area contributed by atoms with Crippen LogP contribution in [0.3, 0.4) is 0 Å². The summed E-state index contributed by atoms with van der Waals surface area (Å²) < 4.78 is 13.1. The maximum absolute atomic E-state index is 13.1. The van der Waals surface area contributed by atoms with Crippen molar-refractivity contribution < 1.29 is 4.39 Å². The number of halogens is 2. The van der Waals surface area contributed by atoms with Crippen LogP contribution in [-0.4, -0.2) is 6.54 Å². The molecule has 1 rings (SSSR count). The van der Waals surface area contributed by atoms with E-state index in [1.54, 1.807) is 12.1 Å². The van der Waals surface area contributed by atoms with Crippen LogP contribution in [0.15, 0.2) is 18.2 Å². The summed E-state index contributed by atoms with van der Waals surface area (Å²) in [6.07, 6.45) is 5.00. The van der Waals surface area contributed by atoms with Gasteiger partial charge in [0.1, 0.15) is 0 Å². The molecule has 0 saturated heterocycles. The van der Waals surface area contributed by atoms with Crippen LogP contribution in [0.4, 0.5) is 10.1 Å². The van der Waals surface area contributed by atoms with Gasteiger partial charge in [0, 0.05) is 0 Å². The average molecular weight is 184 g/mol. The largest absolute Gasteiger partial charge is 0.372 e. The highest BCUT2D eigenvalue weighted by atomic mass is 35.5. The SMILES string of the molecule is C#CCNc1cccc(Cl)c1F. The third-order valence-corrected chi connectivity index (χ3v) is 1.62. The molecule has 0 unspecified atom stereocenters. The van der Waals surface area contributed by atoms with Gasteiger partial charge in [-0.2, -0.15) is 0 Å². The zero-order chi connectivity index (χ0) is 8.97. The van der Waals surface area contributed by atoms with Gasteiger partial charge in [0.05, 0.1) is 17.3 Å². The predicted molar refractivity (Wildman–Crippen MR) is 48.7 cm³/mol. The summed E-state index contributed by atoms with van der Waals surface area (Å²) in [6.45, 7) is 0.289. The van der Waals surface area contributed by atoms with Crippen molar-refractivity contribution in [2.24, 2.45) is 0 Å². The topological polar surface area (TPSA) is 12.0 Å². The van der Waals surface area contributed by atoms with E-state index in [4.69, 9.17) is 18.0 Å². The Balaban J connectivity index is 2.86. The lowest BCUT2D eigenvalue weighted by atomic mass is 10.3. The predicted octanol–water partition coefficient (Wildman–Crippen LogP) is 2.52. The van der Waals surface area contributed by atoms with E-state index in [-0.39, 0.29) is 11.6 Å². The van der Waals surface area contributed by atoms with Crippen LogP contribution in [0.5, 0.6) is 0 Å². The molecule has 0 aliphatic heterocycles. The van der Waals surface area contributed by atoms with E-state index >= 15 is 0 Å². The Morgan fingerprint density at radius 2 is 2.33 bits per heavy atom. The maximum Gasteiger partial charge on any atom is 0.164 e. The number of anilines is 1. The van der Waals surface area contributed by atoms with Crippen molar-refractivity contribution in [1.82, 2.24) is 0 Å². The van der Waals surface area contributed by atoms with Crippen LogP contribution in [0.2, 0.25) is 5.02 Å². The molecule has 0 spiro atoms. The Labute approximate surface area is 75.5 Å². The van der Waals surface area contributed by atoms with Crippen LogP contribution < -0.4 is 5.32 Å². The molecule has 0 aliphatic rings. The minimum absolute atomic E-state index is 0.0945. The highest BCUT2D eigenvalue weighted by Gasteiger charge is 2.03. The lowest BCUT2D eigenvalue weighted by Gasteiger charge is -2.03.